The Morgan fingerprint density at radius 1 is 0.140 bits per heavy atom. The summed E-state index contributed by atoms with van der Waals surface area (Å²) in [6, 6.07) is 184. The van der Waals surface area contributed by atoms with Gasteiger partial charge in [0.05, 0.1) is 17.1 Å². The zero-order valence-electron chi connectivity index (χ0n) is 76.2. The van der Waals surface area contributed by atoms with Gasteiger partial charge in [0.2, 0.25) is 0 Å². The van der Waals surface area contributed by atoms with E-state index in [-0.39, 0.29) is 10.8 Å². The zero-order valence-corrected chi connectivity index (χ0v) is 76.2. The molecule has 22 aromatic carbocycles. The van der Waals surface area contributed by atoms with Crippen LogP contribution in [0.1, 0.15) is 49.9 Å². The van der Waals surface area contributed by atoms with E-state index in [1.807, 2.05) is 0 Å². The van der Waals surface area contributed by atoms with Crippen LogP contribution in [0.15, 0.2) is 497 Å². The molecule has 136 heavy (non-hydrogen) atoms. The van der Waals surface area contributed by atoms with Crippen molar-refractivity contribution in [2.45, 2.75) is 38.5 Å². The van der Waals surface area contributed by atoms with Crippen molar-refractivity contribution in [1.29, 1.82) is 0 Å². The van der Waals surface area contributed by atoms with Gasteiger partial charge < -0.3 is 9.80 Å². The number of para-hydroxylation sites is 1. The molecule has 0 N–H and O–H groups in total. The van der Waals surface area contributed by atoms with Crippen LogP contribution in [0.4, 0.5) is 34.1 Å². The number of benzene rings is 22. The Bertz CT molecular complexity index is 8230. The largest absolute Gasteiger partial charge is 0.310 e. The van der Waals surface area contributed by atoms with Gasteiger partial charge in [-0.3, -0.25) is 0 Å². The Morgan fingerprint density at radius 2 is 0.397 bits per heavy atom. The average molecular weight is 1730 g/mol. The van der Waals surface area contributed by atoms with Gasteiger partial charge in [0.25, 0.3) is 0 Å². The molecule has 0 aliphatic heterocycles. The third kappa shape index (κ3) is 13.3. The molecule has 0 saturated heterocycles. The van der Waals surface area contributed by atoms with Crippen molar-refractivity contribution < 1.29 is 0 Å². The van der Waals surface area contributed by atoms with Crippen molar-refractivity contribution in [3.8, 4) is 178 Å². The SMILES string of the molecule is CC1(C)c2ccccc2-c2c(N(c3ccc(-c4ccc5c6c(cccc46)-c4c(-c6ccccc6)c(-c6ccccc6)c(-c6ccccc6)c(-c6ccccc6)c4-5)cc3)c3ccccc3-c3ccccc3)cccc21.CC1(C)c2ccccc2-c2c(N(c3ccc(-c4ccccc4)cc3)c3ccc(-c4ccc5c6c(cccc46)-c4cc(-c6ccccc6)c(-c6ccccc6)cc4-5)cc3)cccc21. The van der Waals surface area contributed by atoms with E-state index >= 15 is 0 Å². The molecule has 0 unspecified atom stereocenters. The van der Waals surface area contributed by atoms with Crippen molar-refractivity contribution in [3.05, 3.63) is 520 Å². The molecule has 0 saturated carbocycles. The van der Waals surface area contributed by atoms with Gasteiger partial charge >= 0.3 is 0 Å². The number of hydrogen-bond acceptors (Lipinski definition) is 2. The lowest BCUT2D eigenvalue weighted by molar-refractivity contribution is 0.660. The van der Waals surface area contributed by atoms with Gasteiger partial charge in [-0.05, 0) is 272 Å². The second kappa shape index (κ2) is 33.1. The molecule has 2 heteroatoms. The molecule has 0 atom stereocenters. The van der Waals surface area contributed by atoms with E-state index in [0.717, 1.165) is 22.7 Å². The number of rotatable bonds is 16. The van der Waals surface area contributed by atoms with Crippen LogP contribution in [-0.2, 0) is 10.8 Å². The topological polar surface area (TPSA) is 6.48 Å². The Balaban J connectivity index is 0.000000147. The summed E-state index contributed by atoms with van der Waals surface area (Å²) in [7, 11) is 0. The molecule has 4 aliphatic carbocycles. The predicted molar refractivity (Wildman–Crippen MR) is 576 cm³/mol. The van der Waals surface area contributed by atoms with Crippen LogP contribution in [0.2, 0.25) is 0 Å². The van der Waals surface area contributed by atoms with E-state index in [2.05, 4.69) is 535 Å². The first kappa shape index (κ1) is 81.0. The highest BCUT2D eigenvalue weighted by molar-refractivity contribution is 6.28. The summed E-state index contributed by atoms with van der Waals surface area (Å²) in [4.78, 5) is 4.95. The third-order valence-electron chi connectivity index (χ3n) is 29.3. The van der Waals surface area contributed by atoms with Crippen LogP contribution in [0.25, 0.3) is 200 Å². The number of anilines is 6. The summed E-state index contributed by atoms with van der Waals surface area (Å²) >= 11 is 0. The van der Waals surface area contributed by atoms with Crippen LogP contribution in [0, 0.1) is 0 Å². The maximum Gasteiger partial charge on any atom is 0.0543 e. The fraction of sp³-hybridized carbons (Fsp3) is 0.0448. The maximum atomic E-state index is 2.50. The Kier molecular flexibility index (Phi) is 19.7. The number of fused-ring (bicyclic) bond motifs is 12. The third-order valence-corrected chi connectivity index (χ3v) is 29.3. The Labute approximate surface area is 796 Å². The van der Waals surface area contributed by atoms with Gasteiger partial charge in [-0.15, -0.1) is 0 Å². The van der Waals surface area contributed by atoms with Crippen molar-refractivity contribution in [3.63, 3.8) is 0 Å². The Hall–Kier alpha value is -17.0. The molecule has 0 heterocycles. The highest BCUT2D eigenvalue weighted by Gasteiger charge is 2.41. The minimum atomic E-state index is -0.137. The lowest BCUT2D eigenvalue weighted by Crippen LogP contribution is -2.16. The average Bonchev–Trinajstić information content (AvgIpc) is 1.51. The molecule has 0 radical (unpaired) electrons. The molecule has 0 fully saturated rings. The van der Waals surface area contributed by atoms with Crippen LogP contribution >= 0.6 is 0 Å². The van der Waals surface area contributed by atoms with Crippen LogP contribution in [-0.4, -0.2) is 0 Å². The second-order valence-corrected chi connectivity index (χ2v) is 37.5. The molecule has 0 spiro atoms. The summed E-state index contributed by atoms with van der Waals surface area (Å²) in [6.07, 6.45) is 0. The standard InChI is InChI=1S/C73H51N.C61H43N/c1-73(2)61-38-20-18-35-58(61)70-62(73)39-23-41-64(70)74(63-40-21-19-34-56(63)48-24-8-3-9-25-48)54-44-42-49(43-45-54)55-46-47-60-69-57(55)36-22-37-59(69)71-67(52-30-14-6-15-31-52)65(50-26-10-4-11-27-50)66(51-28-12-5-13-29-51)68(72(60)71)53-32-16-7-17-33-53;1-61(2)56-25-13-12-22-51(56)60-57(61)26-15-27-58(60)62(45-32-28-41(29-33-45)40-16-6-3-7-17-40)46-34-30-44(31-35-46)47-36-37-50-55-39-53(43-20-10-5-11-21-43)52(42-18-8-4-9-19-42)38-54(55)49-24-14-23-48(47)59(49)50/h3-47H,1-2H3;3-39H,1-2H3. The molecule has 640 valence electrons. The van der Waals surface area contributed by atoms with Crippen LogP contribution < -0.4 is 9.80 Å². The summed E-state index contributed by atoms with van der Waals surface area (Å²) < 4.78 is 0. The molecular weight excluding hydrogens is 1640 g/mol. The summed E-state index contributed by atoms with van der Waals surface area (Å²) in [5, 5.41) is 5.15. The fourth-order valence-corrected chi connectivity index (χ4v) is 23.0. The van der Waals surface area contributed by atoms with Crippen molar-refractivity contribution in [1.82, 2.24) is 0 Å². The van der Waals surface area contributed by atoms with Gasteiger partial charge in [0.1, 0.15) is 0 Å². The van der Waals surface area contributed by atoms with Gasteiger partial charge in [0.15, 0.2) is 0 Å². The summed E-state index contributed by atoms with van der Waals surface area (Å²) in [5.41, 5.74) is 52.0. The minimum Gasteiger partial charge on any atom is -0.310 e. The second-order valence-electron chi connectivity index (χ2n) is 37.5. The van der Waals surface area contributed by atoms with Crippen molar-refractivity contribution in [2.24, 2.45) is 0 Å². The first-order chi connectivity index (χ1) is 67.1. The lowest BCUT2D eigenvalue weighted by Gasteiger charge is -2.30. The first-order valence-corrected chi connectivity index (χ1v) is 47.5. The minimum absolute atomic E-state index is 0.101. The summed E-state index contributed by atoms with van der Waals surface area (Å²) in [6.45, 7) is 9.45. The Morgan fingerprint density at radius 3 is 0.824 bits per heavy atom. The smallest absolute Gasteiger partial charge is 0.0543 e. The molecule has 0 bridgehead atoms. The van der Waals surface area contributed by atoms with Crippen LogP contribution in [0.3, 0.4) is 0 Å². The van der Waals surface area contributed by atoms with E-state index < -0.39 is 0 Å². The monoisotopic (exact) mass is 1730 g/mol. The van der Waals surface area contributed by atoms with E-state index in [9.17, 15) is 0 Å². The highest BCUT2D eigenvalue weighted by atomic mass is 15.2. The van der Waals surface area contributed by atoms with Crippen LogP contribution in [0.5, 0.6) is 0 Å². The zero-order chi connectivity index (χ0) is 90.7. The van der Waals surface area contributed by atoms with Crippen molar-refractivity contribution in [2.75, 3.05) is 9.80 Å². The van der Waals surface area contributed by atoms with E-state index in [4.69, 9.17) is 0 Å². The molecule has 0 aromatic heterocycles. The predicted octanol–water partition coefficient (Wildman–Crippen LogP) is 37.2. The van der Waals surface area contributed by atoms with E-state index in [1.54, 1.807) is 0 Å². The normalized spacial score (nSPS) is 12.7. The van der Waals surface area contributed by atoms with Gasteiger partial charge in [-0.2, -0.15) is 0 Å². The molecule has 2 nitrogen and oxygen atoms in total. The maximum absolute atomic E-state index is 2.50. The molecule has 26 rings (SSSR count). The quantitative estimate of drug-likeness (QED) is 0.0951. The highest BCUT2D eigenvalue weighted by Crippen LogP contribution is 2.64. The lowest BCUT2D eigenvalue weighted by atomic mass is 9.76. The molecular formula is C134H94N2. The summed E-state index contributed by atoms with van der Waals surface area (Å²) in [5.74, 6) is 0. The van der Waals surface area contributed by atoms with Gasteiger partial charge in [-0.25, -0.2) is 0 Å². The van der Waals surface area contributed by atoms with E-state index in [0.29, 0.717) is 0 Å². The number of nitrogens with zero attached hydrogens (tertiary/aromatic N) is 2. The molecule has 22 aromatic rings. The fourth-order valence-electron chi connectivity index (χ4n) is 23.0. The first-order valence-electron chi connectivity index (χ1n) is 47.5. The van der Waals surface area contributed by atoms with E-state index in [1.165, 1.54) is 233 Å². The number of hydrogen-bond donors (Lipinski definition) is 0. The van der Waals surface area contributed by atoms with Gasteiger partial charge in [-0.1, -0.05) is 458 Å². The molecule has 4 aliphatic rings. The van der Waals surface area contributed by atoms with Gasteiger partial charge in [0, 0.05) is 44.6 Å². The van der Waals surface area contributed by atoms with Crippen molar-refractivity contribution >= 4 is 55.7 Å². The molecule has 0 amide bonds.